The smallest absolute Gasteiger partial charge is 0.298 e. The molecule has 12 nitrogen and oxygen atoms in total. The number of fused-ring (bicyclic) bond motifs is 2. The highest BCUT2D eigenvalue weighted by Gasteiger charge is 2.44. The van der Waals surface area contributed by atoms with Crippen LogP contribution in [0.25, 0.3) is 16.0 Å². The number of nitrogens with zero attached hydrogens (tertiary/aromatic N) is 6. The molecular weight excluding hydrogens is 666 g/mol. The monoisotopic (exact) mass is 696 g/mol. The molecule has 1 saturated heterocycles. The number of para-hydroxylation sites is 1. The van der Waals surface area contributed by atoms with Crippen LogP contribution >= 0.6 is 11.3 Å². The lowest BCUT2D eigenvalue weighted by Gasteiger charge is -2.31. The van der Waals surface area contributed by atoms with E-state index in [9.17, 15) is 14.0 Å². The van der Waals surface area contributed by atoms with Gasteiger partial charge in [0.05, 0.1) is 41.5 Å². The molecule has 3 aromatic carbocycles. The second-order valence-electron chi connectivity index (χ2n) is 12.2. The van der Waals surface area contributed by atoms with Crippen molar-refractivity contribution in [3.05, 3.63) is 118 Å². The predicted octanol–water partition coefficient (Wildman–Crippen LogP) is 4.79. The van der Waals surface area contributed by atoms with Gasteiger partial charge in [-0.05, 0) is 48.9 Å². The van der Waals surface area contributed by atoms with Crippen molar-refractivity contribution in [3.8, 4) is 11.4 Å². The minimum atomic E-state index is -1.15. The summed E-state index contributed by atoms with van der Waals surface area (Å²) in [6.07, 6.45) is 3.20. The second kappa shape index (κ2) is 12.7. The number of rotatable bonds is 8. The Hall–Kier alpha value is -5.67. The van der Waals surface area contributed by atoms with E-state index in [4.69, 9.17) is 15.2 Å². The maximum atomic E-state index is 15.1. The molecule has 50 heavy (non-hydrogen) atoms. The van der Waals surface area contributed by atoms with Crippen LogP contribution in [-0.2, 0) is 16.9 Å². The molecule has 3 aromatic heterocycles. The van der Waals surface area contributed by atoms with E-state index in [-0.39, 0.29) is 42.9 Å². The van der Waals surface area contributed by atoms with Crippen LogP contribution in [-0.4, -0.2) is 56.5 Å². The molecule has 1 fully saturated rings. The fourth-order valence-corrected chi connectivity index (χ4v) is 7.66. The minimum absolute atomic E-state index is 0.152. The molecule has 0 spiro atoms. The molecule has 5 heterocycles. The van der Waals surface area contributed by atoms with Gasteiger partial charge in [0.15, 0.2) is 5.82 Å². The maximum Gasteiger partial charge on any atom is 0.298 e. The Labute approximate surface area is 287 Å². The van der Waals surface area contributed by atoms with E-state index in [2.05, 4.69) is 25.3 Å². The zero-order valence-corrected chi connectivity index (χ0v) is 27.3. The van der Waals surface area contributed by atoms with Crippen LogP contribution in [0.5, 0.6) is 5.75 Å². The number of anilines is 3. The average molecular weight is 697 g/mol. The van der Waals surface area contributed by atoms with Gasteiger partial charge in [0.2, 0.25) is 0 Å². The molecule has 0 saturated carbocycles. The fraction of sp³-hybridized carbons (Fsp3) is 0.229. The molecule has 254 valence electrons. The zero-order valence-electron chi connectivity index (χ0n) is 26.5. The van der Waals surface area contributed by atoms with Crippen LogP contribution in [0, 0.1) is 17.6 Å². The van der Waals surface area contributed by atoms with Crippen LogP contribution in [0.15, 0.2) is 90.2 Å². The van der Waals surface area contributed by atoms with Gasteiger partial charge >= 0.3 is 0 Å². The van der Waals surface area contributed by atoms with Gasteiger partial charge in [-0.25, -0.2) is 23.4 Å². The van der Waals surface area contributed by atoms with Gasteiger partial charge < -0.3 is 25.4 Å². The molecular formula is C35H30F2N8O4S. The van der Waals surface area contributed by atoms with Crippen LogP contribution in [0.1, 0.15) is 21.7 Å². The highest BCUT2D eigenvalue weighted by molar-refractivity contribution is 7.20. The standard InChI is InChI=1S/C35H30F2N8O4S/c36-22-6-8-25(26(37)12-22)35(18-43-20-39-19-41-43)15-21(17-49-35)16-40-32(46)30-14-28-33(50-30)42-31(38)34(47)45(28)24-7-9-29-27(13-24)44(10-11-48-29)23-4-2-1-3-5-23/h1-9,12-14,19-21H,10-11,15-18H2,(H2,38,42)(H,40,46). The number of halogens is 2. The number of amides is 1. The molecule has 15 heteroatoms. The highest BCUT2D eigenvalue weighted by atomic mass is 32.1. The maximum absolute atomic E-state index is 15.1. The Kier molecular flexibility index (Phi) is 7.99. The summed E-state index contributed by atoms with van der Waals surface area (Å²) >= 11 is 1.12. The van der Waals surface area contributed by atoms with Crippen molar-refractivity contribution in [1.29, 1.82) is 0 Å². The van der Waals surface area contributed by atoms with Crippen LogP contribution in [0.3, 0.4) is 0 Å². The molecule has 2 aliphatic heterocycles. The van der Waals surface area contributed by atoms with Crippen LogP contribution < -0.4 is 26.2 Å². The molecule has 0 bridgehead atoms. The third-order valence-corrected chi connectivity index (χ3v) is 10.0. The number of nitrogens with two attached hydrogens (primary N) is 1. The Morgan fingerprint density at radius 2 is 1.94 bits per heavy atom. The van der Waals surface area contributed by atoms with Gasteiger partial charge in [0, 0.05) is 29.8 Å². The van der Waals surface area contributed by atoms with Crippen molar-refractivity contribution >= 4 is 44.8 Å². The first-order valence-corrected chi connectivity index (χ1v) is 16.7. The summed E-state index contributed by atoms with van der Waals surface area (Å²) in [6.45, 7) is 1.72. The number of aromatic nitrogens is 5. The highest BCUT2D eigenvalue weighted by Crippen LogP contribution is 2.42. The number of hydrogen-bond donors (Lipinski definition) is 2. The number of carbonyl (C=O) groups is 1. The normalized spacial score (nSPS) is 18.6. The minimum Gasteiger partial charge on any atom is -0.490 e. The van der Waals surface area contributed by atoms with E-state index >= 15 is 4.39 Å². The molecule has 3 N–H and O–H groups in total. The van der Waals surface area contributed by atoms with E-state index < -0.39 is 22.8 Å². The van der Waals surface area contributed by atoms with Crippen molar-refractivity contribution in [2.24, 2.45) is 5.92 Å². The molecule has 1 amide bonds. The van der Waals surface area contributed by atoms with Gasteiger partial charge in [-0.15, -0.1) is 11.3 Å². The van der Waals surface area contributed by atoms with Crippen LogP contribution in [0.4, 0.5) is 26.0 Å². The summed E-state index contributed by atoms with van der Waals surface area (Å²) in [4.78, 5) is 38.2. The molecule has 2 atom stereocenters. The predicted molar refractivity (Wildman–Crippen MR) is 183 cm³/mol. The summed E-state index contributed by atoms with van der Waals surface area (Å²) in [5.74, 6) is -1.50. The van der Waals surface area contributed by atoms with Gasteiger partial charge in [0.25, 0.3) is 11.5 Å². The third kappa shape index (κ3) is 5.73. The lowest BCUT2D eigenvalue weighted by atomic mass is 9.86. The van der Waals surface area contributed by atoms with E-state index in [0.29, 0.717) is 46.2 Å². The topological polar surface area (TPSA) is 142 Å². The number of nitrogen functional groups attached to an aromatic ring is 1. The SMILES string of the molecule is Nc1nc2sc(C(=O)NCC3COC(Cn4cncn4)(c4ccc(F)cc4F)C3)cc2n(-c2ccc3c(c2)N(c2ccccc2)CCO3)c1=O. The Morgan fingerprint density at radius 3 is 2.74 bits per heavy atom. The van der Waals surface area contributed by atoms with Gasteiger partial charge in [-0.1, -0.05) is 24.3 Å². The molecule has 0 radical (unpaired) electrons. The number of hydrogen-bond acceptors (Lipinski definition) is 10. The first kappa shape index (κ1) is 31.6. The van der Waals surface area contributed by atoms with Gasteiger partial charge in [-0.3, -0.25) is 14.2 Å². The Bertz CT molecular complexity index is 2280. The number of benzene rings is 3. The van der Waals surface area contributed by atoms with Crippen LogP contribution in [0.2, 0.25) is 0 Å². The first-order valence-electron chi connectivity index (χ1n) is 15.9. The second-order valence-corrected chi connectivity index (χ2v) is 13.3. The quantitative estimate of drug-likeness (QED) is 0.230. The Balaban J connectivity index is 1.05. The largest absolute Gasteiger partial charge is 0.490 e. The number of thiophene rings is 1. The van der Waals surface area contributed by atoms with E-state index in [1.807, 2.05) is 42.5 Å². The van der Waals surface area contributed by atoms with E-state index in [1.165, 1.54) is 34.0 Å². The summed E-state index contributed by atoms with van der Waals surface area (Å²) < 4.78 is 44.0. The van der Waals surface area contributed by atoms with Crippen molar-refractivity contribution < 1.29 is 23.0 Å². The van der Waals surface area contributed by atoms with Gasteiger partial charge in [-0.2, -0.15) is 5.10 Å². The van der Waals surface area contributed by atoms with Crippen molar-refractivity contribution in [3.63, 3.8) is 0 Å². The molecule has 2 aliphatic rings. The molecule has 0 aliphatic carbocycles. The number of ether oxygens (including phenoxy) is 2. The number of carbonyl (C=O) groups excluding carboxylic acids is 1. The molecule has 6 aromatic rings. The van der Waals surface area contributed by atoms with E-state index in [1.54, 1.807) is 12.1 Å². The summed E-state index contributed by atoms with van der Waals surface area (Å²) in [5, 5.41) is 7.11. The molecule has 8 rings (SSSR count). The van der Waals surface area contributed by atoms with E-state index in [0.717, 1.165) is 28.8 Å². The lowest BCUT2D eigenvalue weighted by Crippen LogP contribution is -2.34. The van der Waals surface area contributed by atoms with Crippen molar-refractivity contribution in [1.82, 2.24) is 29.6 Å². The summed E-state index contributed by atoms with van der Waals surface area (Å²) in [5.41, 5.74) is 7.41. The molecule has 2 unspecified atom stereocenters. The summed E-state index contributed by atoms with van der Waals surface area (Å²) in [6, 6.07) is 20.4. The first-order chi connectivity index (χ1) is 24.3. The van der Waals surface area contributed by atoms with Crippen molar-refractivity contribution in [2.45, 2.75) is 18.6 Å². The number of nitrogens with one attached hydrogen (secondary N) is 1. The van der Waals surface area contributed by atoms with Crippen molar-refractivity contribution in [2.75, 3.05) is 36.9 Å². The summed E-state index contributed by atoms with van der Waals surface area (Å²) in [7, 11) is 0. The Morgan fingerprint density at radius 1 is 1.08 bits per heavy atom. The average Bonchev–Trinajstić information content (AvgIpc) is 3.89. The third-order valence-electron chi connectivity index (χ3n) is 9.01. The fourth-order valence-electron chi connectivity index (χ4n) is 6.72. The zero-order chi connectivity index (χ0) is 34.4. The lowest BCUT2D eigenvalue weighted by molar-refractivity contribution is -0.0203. The van der Waals surface area contributed by atoms with Gasteiger partial charge in [0.1, 0.15) is 47.1 Å².